The Balaban J connectivity index is 3.60. The van der Waals surface area contributed by atoms with E-state index in [4.69, 9.17) is 4.74 Å². The molecule has 0 aromatic carbocycles. The van der Waals surface area contributed by atoms with Gasteiger partial charge in [-0.1, -0.05) is 6.92 Å². The van der Waals surface area contributed by atoms with Crippen molar-refractivity contribution in [1.29, 1.82) is 0 Å². The van der Waals surface area contributed by atoms with Crippen LogP contribution >= 0.6 is 11.8 Å². The Morgan fingerprint density at radius 2 is 2.23 bits per heavy atom. The number of thioether (sulfide) groups is 1. The van der Waals surface area contributed by atoms with Crippen molar-refractivity contribution in [2.24, 2.45) is 0 Å². The Morgan fingerprint density at radius 3 is 2.69 bits per heavy atom. The molecule has 1 N–H and O–H groups in total. The highest BCUT2D eigenvalue weighted by Gasteiger charge is 2.08. The van der Waals surface area contributed by atoms with E-state index < -0.39 is 0 Å². The summed E-state index contributed by atoms with van der Waals surface area (Å²) in [6.45, 7) is 4.72. The Labute approximate surface area is 84.6 Å². The van der Waals surface area contributed by atoms with E-state index in [0.29, 0.717) is 6.61 Å². The van der Waals surface area contributed by atoms with Gasteiger partial charge in [0.05, 0.1) is 0 Å². The molecule has 13 heavy (non-hydrogen) atoms. The van der Waals surface area contributed by atoms with Crippen LogP contribution in [-0.4, -0.2) is 37.2 Å². The molecule has 0 aromatic heterocycles. The van der Waals surface area contributed by atoms with E-state index in [0.717, 1.165) is 12.2 Å². The summed E-state index contributed by atoms with van der Waals surface area (Å²) in [4.78, 5) is 11.2. The van der Waals surface area contributed by atoms with Crippen molar-refractivity contribution in [3.8, 4) is 0 Å². The monoisotopic (exact) mass is 205 g/mol. The number of rotatable bonds is 7. The van der Waals surface area contributed by atoms with E-state index in [1.807, 2.05) is 13.2 Å². The highest BCUT2D eigenvalue weighted by Crippen LogP contribution is 2.00. The largest absolute Gasteiger partial charge is 0.372 e. The fraction of sp³-hybridized carbons (Fsp3) is 0.889. The van der Waals surface area contributed by atoms with E-state index in [1.54, 1.807) is 11.8 Å². The molecule has 78 valence electrons. The van der Waals surface area contributed by atoms with E-state index in [1.165, 1.54) is 0 Å². The second-order valence-corrected chi connectivity index (χ2v) is 3.68. The summed E-state index contributed by atoms with van der Waals surface area (Å²) in [5, 5.41) is 2.92. The SMILES string of the molecule is CCOCC(=O)NC(CC)CSC. The fourth-order valence-electron chi connectivity index (χ4n) is 0.927. The van der Waals surface area contributed by atoms with Crippen LogP contribution in [0.15, 0.2) is 0 Å². The summed E-state index contributed by atoms with van der Waals surface area (Å²) in [6.07, 6.45) is 3.01. The quantitative estimate of drug-likeness (QED) is 0.680. The summed E-state index contributed by atoms with van der Waals surface area (Å²) in [6, 6.07) is 0.281. The molecule has 1 amide bonds. The number of hydrogen-bond donors (Lipinski definition) is 1. The van der Waals surface area contributed by atoms with Crippen LogP contribution in [0.5, 0.6) is 0 Å². The smallest absolute Gasteiger partial charge is 0.246 e. The van der Waals surface area contributed by atoms with Gasteiger partial charge < -0.3 is 10.1 Å². The minimum atomic E-state index is -0.0113. The topological polar surface area (TPSA) is 38.3 Å². The summed E-state index contributed by atoms with van der Waals surface area (Å²) < 4.78 is 5.00. The van der Waals surface area contributed by atoms with Gasteiger partial charge in [0.2, 0.25) is 5.91 Å². The molecule has 0 bridgehead atoms. The lowest BCUT2D eigenvalue weighted by Crippen LogP contribution is -2.38. The maximum atomic E-state index is 11.2. The summed E-state index contributed by atoms with van der Waals surface area (Å²) in [5.74, 6) is 0.955. The number of hydrogen-bond acceptors (Lipinski definition) is 3. The number of carbonyl (C=O) groups is 1. The van der Waals surface area contributed by atoms with Crippen LogP contribution in [0.4, 0.5) is 0 Å². The van der Waals surface area contributed by atoms with E-state index in [-0.39, 0.29) is 18.6 Å². The zero-order valence-electron chi connectivity index (χ0n) is 8.63. The van der Waals surface area contributed by atoms with Crippen LogP contribution in [0, 0.1) is 0 Å². The average molecular weight is 205 g/mol. The molecule has 0 saturated heterocycles. The maximum Gasteiger partial charge on any atom is 0.246 e. The number of ether oxygens (including phenoxy) is 1. The second-order valence-electron chi connectivity index (χ2n) is 2.77. The average Bonchev–Trinajstić information content (AvgIpc) is 2.14. The second kappa shape index (κ2) is 8.38. The zero-order chi connectivity index (χ0) is 10.1. The molecule has 1 unspecified atom stereocenters. The van der Waals surface area contributed by atoms with Gasteiger partial charge in [0.1, 0.15) is 6.61 Å². The lowest BCUT2D eigenvalue weighted by Gasteiger charge is -2.15. The molecule has 0 spiro atoms. The first-order valence-corrected chi connectivity index (χ1v) is 6.00. The molecule has 0 aliphatic rings. The summed E-state index contributed by atoms with van der Waals surface area (Å²) >= 11 is 1.74. The van der Waals surface area contributed by atoms with Crippen LogP contribution in [0.1, 0.15) is 20.3 Å². The fourth-order valence-corrected chi connectivity index (χ4v) is 1.65. The highest BCUT2D eigenvalue weighted by atomic mass is 32.2. The first kappa shape index (κ1) is 12.8. The molecule has 4 heteroatoms. The van der Waals surface area contributed by atoms with Gasteiger partial charge in [0.15, 0.2) is 0 Å². The van der Waals surface area contributed by atoms with Gasteiger partial charge in [-0.15, -0.1) is 0 Å². The Morgan fingerprint density at radius 1 is 1.54 bits per heavy atom. The molecule has 0 rings (SSSR count). The predicted octanol–water partition coefficient (Wildman–Crippen LogP) is 1.28. The maximum absolute atomic E-state index is 11.2. The number of amides is 1. The van der Waals surface area contributed by atoms with Crippen LogP contribution in [0.2, 0.25) is 0 Å². The van der Waals surface area contributed by atoms with Crippen molar-refractivity contribution in [2.75, 3.05) is 25.2 Å². The molecular formula is C9H19NO2S. The normalized spacial score (nSPS) is 12.5. The Hall–Kier alpha value is -0.220. The van der Waals surface area contributed by atoms with Gasteiger partial charge in [-0.2, -0.15) is 11.8 Å². The number of carbonyl (C=O) groups excluding carboxylic acids is 1. The van der Waals surface area contributed by atoms with Crippen molar-refractivity contribution < 1.29 is 9.53 Å². The van der Waals surface area contributed by atoms with Crippen LogP contribution < -0.4 is 5.32 Å². The van der Waals surface area contributed by atoms with Crippen LogP contribution in [0.25, 0.3) is 0 Å². The Bertz CT molecular complexity index is 142. The molecule has 3 nitrogen and oxygen atoms in total. The molecule has 0 saturated carbocycles. The van der Waals surface area contributed by atoms with Gasteiger partial charge in [0, 0.05) is 18.4 Å². The molecule has 0 radical (unpaired) electrons. The predicted molar refractivity (Wildman–Crippen MR) is 57.1 cm³/mol. The molecular weight excluding hydrogens is 186 g/mol. The summed E-state index contributed by atoms with van der Waals surface area (Å²) in [7, 11) is 0. The lowest BCUT2D eigenvalue weighted by molar-refractivity contribution is -0.126. The molecule has 0 aliphatic carbocycles. The summed E-state index contributed by atoms with van der Waals surface area (Å²) in [5.41, 5.74) is 0. The third kappa shape index (κ3) is 6.90. The van der Waals surface area contributed by atoms with E-state index in [9.17, 15) is 4.79 Å². The van der Waals surface area contributed by atoms with Crippen molar-refractivity contribution in [2.45, 2.75) is 26.3 Å². The van der Waals surface area contributed by atoms with Crippen molar-refractivity contribution in [3.05, 3.63) is 0 Å². The van der Waals surface area contributed by atoms with Crippen LogP contribution in [-0.2, 0) is 9.53 Å². The van der Waals surface area contributed by atoms with Gasteiger partial charge in [-0.3, -0.25) is 4.79 Å². The first-order valence-electron chi connectivity index (χ1n) is 4.60. The Kier molecular flexibility index (Phi) is 8.24. The molecule has 0 fully saturated rings. The third-order valence-electron chi connectivity index (χ3n) is 1.66. The standard InChI is InChI=1S/C9H19NO2S/c1-4-8(7-13-3)10-9(11)6-12-5-2/h8H,4-7H2,1-3H3,(H,10,11). The van der Waals surface area contributed by atoms with Gasteiger partial charge in [-0.25, -0.2) is 0 Å². The van der Waals surface area contributed by atoms with Gasteiger partial charge in [-0.05, 0) is 19.6 Å². The highest BCUT2D eigenvalue weighted by molar-refractivity contribution is 7.98. The van der Waals surface area contributed by atoms with E-state index in [2.05, 4.69) is 12.2 Å². The van der Waals surface area contributed by atoms with Crippen molar-refractivity contribution >= 4 is 17.7 Å². The molecule has 1 atom stereocenters. The van der Waals surface area contributed by atoms with Crippen LogP contribution in [0.3, 0.4) is 0 Å². The van der Waals surface area contributed by atoms with Gasteiger partial charge >= 0.3 is 0 Å². The number of nitrogens with one attached hydrogen (secondary N) is 1. The molecule has 0 aromatic rings. The minimum absolute atomic E-state index is 0.0113. The zero-order valence-corrected chi connectivity index (χ0v) is 9.45. The van der Waals surface area contributed by atoms with Crippen molar-refractivity contribution in [1.82, 2.24) is 5.32 Å². The van der Waals surface area contributed by atoms with E-state index >= 15 is 0 Å². The van der Waals surface area contributed by atoms with Crippen molar-refractivity contribution in [3.63, 3.8) is 0 Å². The first-order chi connectivity index (χ1) is 6.24. The minimum Gasteiger partial charge on any atom is -0.372 e. The molecule has 0 aliphatic heterocycles. The third-order valence-corrected chi connectivity index (χ3v) is 2.40. The molecule has 0 heterocycles. The lowest BCUT2D eigenvalue weighted by atomic mass is 10.2. The van der Waals surface area contributed by atoms with Gasteiger partial charge in [0.25, 0.3) is 0 Å².